The molecule has 2 heterocycles. The Morgan fingerprint density at radius 2 is 2.27 bits per heavy atom. The van der Waals surface area contributed by atoms with Gasteiger partial charge in [-0.2, -0.15) is 0 Å². The molecule has 0 aromatic carbocycles. The highest BCUT2D eigenvalue weighted by atomic mass is 35.5. The number of hydrogen-bond acceptors (Lipinski definition) is 3. The van der Waals surface area contributed by atoms with Gasteiger partial charge in [-0.05, 0) is 24.4 Å². The average molecular weight is 224 g/mol. The molecule has 5 heteroatoms. The first-order chi connectivity index (χ1) is 7.15. The van der Waals surface area contributed by atoms with E-state index in [9.17, 15) is 4.79 Å². The van der Waals surface area contributed by atoms with Gasteiger partial charge in [-0.25, -0.2) is 9.97 Å². The summed E-state index contributed by atoms with van der Waals surface area (Å²) in [6, 6.07) is 0. The second-order valence-electron chi connectivity index (χ2n) is 4.17. The molecule has 2 aliphatic rings. The summed E-state index contributed by atoms with van der Waals surface area (Å²) in [5, 5.41) is 0.225. The van der Waals surface area contributed by atoms with Gasteiger partial charge in [-0.15, -0.1) is 0 Å². The topological polar surface area (TPSA) is 46.1 Å². The average Bonchev–Trinajstić information content (AvgIpc) is 2.35. The molecule has 1 aromatic heterocycles. The SMILES string of the molecule is CN1C(=O)C2(CCC2)c2nc(Cl)ncc21. The monoisotopic (exact) mass is 223 g/mol. The largest absolute Gasteiger partial charge is 0.312 e. The maximum atomic E-state index is 12.1. The van der Waals surface area contributed by atoms with E-state index in [4.69, 9.17) is 11.6 Å². The number of amides is 1. The fourth-order valence-electron chi connectivity index (χ4n) is 2.46. The molecule has 0 radical (unpaired) electrons. The van der Waals surface area contributed by atoms with Crippen LogP contribution in [0.5, 0.6) is 0 Å². The predicted molar refractivity (Wildman–Crippen MR) is 56.0 cm³/mol. The van der Waals surface area contributed by atoms with Crippen LogP contribution in [0.1, 0.15) is 25.0 Å². The summed E-state index contributed by atoms with van der Waals surface area (Å²) in [7, 11) is 1.77. The van der Waals surface area contributed by atoms with E-state index in [2.05, 4.69) is 9.97 Å². The zero-order chi connectivity index (χ0) is 10.6. The van der Waals surface area contributed by atoms with Crippen LogP contribution >= 0.6 is 11.6 Å². The molecule has 1 amide bonds. The second kappa shape index (κ2) is 2.70. The molecule has 1 aliphatic carbocycles. The van der Waals surface area contributed by atoms with Crippen molar-refractivity contribution in [2.45, 2.75) is 24.7 Å². The molecule has 3 rings (SSSR count). The summed E-state index contributed by atoms with van der Waals surface area (Å²) < 4.78 is 0. The van der Waals surface area contributed by atoms with Crippen LogP contribution in [0.25, 0.3) is 0 Å². The molecular weight excluding hydrogens is 214 g/mol. The number of anilines is 1. The normalized spacial score (nSPS) is 21.7. The third-order valence-electron chi connectivity index (χ3n) is 3.48. The van der Waals surface area contributed by atoms with E-state index in [1.165, 1.54) is 0 Å². The standard InChI is InChI=1S/C10H10ClN3O/c1-14-6-5-12-9(11)13-7(6)10(8(14)15)3-2-4-10/h5H,2-4H2,1H3. The van der Waals surface area contributed by atoms with Crippen LogP contribution < -0.4 is 4.90 Å². The highest BCUT2D eigenvalue weighted by Gasteiger charge is 2.55. The van der Waals surface area contributed by atoms with Crippen molar-refractivity contribution < 1.29 is 4.79 Å². The lowest BCUT2D eigenvalue weighted by molar-refractivity contribution is -0.125. The van der Waals surface area contributed by atoms with E-state index in [-0.39, 0.29) is 16.6 Å². The van der Waals surface area contributed by atoms with Crippen LogP contribution in [0.3, 0.4) is 0 Å². The molecule has 1 aliphatic heterocycles. The van der Waals surface area contributed by atoms with Gasteiger partial charge in [0.1, 0.15) is 0 Å². The smallest absolute Gasteiger partial charge is 0.239 e. The lowest BCUT2D eigenvalue weighted by Crippen LogP contribution is -2.44. The summed E-state index contributed by atoms with van der Waals surface area (Å²) in [6.45, 7) is 0. The molecule has 0 N–H and O–H groups in total. The van der Waals surface area contributed by atoms with Gasteiger partial charge < -0.3 is 4.90 Å². The number of halogens is 1. The number of nitrogens with zero attached hydrogens (tertiary/aromatic N) is 3. The number of likely N-dealkylation sites (N-methyl/N-ethyl adjacent to an activating group) is 1. The minimum absolute atomic E-state index is 0.139. The summed E-state index contributed by atoms with van der Waals surface area (Å²) in [5.41, 5.74) is 1.25. The molecule has 78 valence electrons. The molecule has 4 nitrogen and oxygen atoms in total. The first-order valence-electron chi connectivity index (χ1n) is 4.96. The van der Waals surface area contributed by atoms with E-state index in [0.717, 1.165) is 30.6 Å². The highest BCUT2D eigenvalue weighted by molar-refractivity contribution is 6.28. The Labute approximate surface area is 92.3 Å². The van der Waals surface area contributed by atoms with Crippen molar-refractivity contribution in [2.75, 3.05) is 11.9 Å². The van der Waals surface area contributed by atoms with Crippen molar-refractivity contribution in [2.24, 2.45) is 0 Å². The lowest BCUT2D eigenvalue weighted by Gasteiger charge is -2.35. The van der Waals surface area contributed by atoms with Crippen LogP contribution in [0.15, 0.2) is 6.20 Å². The van der Waals surface area contributed by atoms with Crippen LogP contribution in [0.2, 0.25) is 5.28 Å². The number of carbonyl (C=O) groups excluding carboxylic acids is 1. The Hall–Kier alpha value is -1.16. The highest BCUT2D eigenvalue weighted by Crippen LogP contribution is 2.51. The minimum Gasteiger partial charge on any atom is -0.312 e. The van der Waals surface area contributed by atoms with Gasteiger partial charge in [0.2, 0.25) is 11.2 Å². The van der Waals surface area contributed by atoms with Gasteiger partial charge in [0, 0.05) is 7.05 Å². The third kappa shape index (κ3) is 0.951. The lowest BCUT2D eigenvalue weighted by atomic mass is 9.67. The van der Waals surface area contributed by atoms with Crippen molar-refractivity contribution in [3.05, 3.63) is 17.2 Å². The van der Waals surface area contributed by atoms with E-state index < -0.39 is 0 Å². The number of rotatable bonds is 0. The maximum Gasteiger partial charge on any atom is 0.239 e. The van der Waals surface area contributed by atoms with Crippen LogP contribution in [0.4, 0.5) is 5.69 Å². The van der Waals surface area contributed by atoms with E-state index >= 15 is 0 Å². The molecule has 0 bridgehead atoms. The molecule has 1 aromatic rings. The van der Waals surface area contributed by atoms with E-state index in [1.807, 2.05) is 0 Å². The Bertz CT molecular complexity index is 456. The quantitative estimate of drug-likeness (QED) is 0.627. The molecule has 1 saturated carbocycles. The van der Waals surface area contributed by atoms with Crippen LogP contribution in [-0.4, -0.2) is 22.9 Å². The van der Waals surface area contributed by atoms with Crippen molar-refractivity contribution in [1.82, 2.24) is 9.97 Å². The fraction of sp³-hybridized carbons (Fsp3) is 0.500. The van der Waals surface area contributed by atoms with Gasteiger partial charge in [-0.3, -0.25) is 4.79 Å². The van der Waals surface area contributed by atoms with Gasteiger partial charge in [0.25, 0.3) is 0 Å². The summed E-state index contributed by atoms with van der Waals surface area (Å²) >= 11 is 5.78. The number of fused-ring (bicyclic) bond motifs is 2. The first kappa shape index (κ1) is 9.09. The van der Waals surface area contributed by atoms with Gasteiger partial charge >= 0.3 is 0 Å². The Morgan fingerprint density at radius 3 is 2.87 bits per heavy atom. The number of aromatic nitrogens is 2. The first-order valence-corrected chi connectivity index (χ1v) is 5.34. The third-order valence-corrected chi connectivity index (χ3v) is 3.66. The van der Waals surface area contributed by atoms with Gasteiger partial charge in [0.05, 0.1) is 23.0 Å². The minimum atomic E-state index is -0.378. The molecule has 0 atom stereocenters. The summed E-state index contributed by atoms with van der Waals surface area (Å²) in [4.78, 5) is 21.9. The fourth-order valence-corrected chi connectivity index (χ4v) is 2.60. The van der Waals surface area contributed by atoms with E-state index in [1.54, 1.807) is 18.1 Å². The van der Waals surface area contributed by atoms with Crippen molar-refractivity contribution in [1.29, 1.82) is 0 Å². The zero-order valence-corrected chi connectivity index (χ0v) is 9.08. The van der Waals surface area contributed by atoms with Crippen molar-refractivity contribution in [3.63, 3.8) is 0 Å². The van der Waals surface area contributed by atoms with Gasteiger partial charge in [-0.1, -0.05) is 6.42 Å². The Morgan fingerprint density at radius 1 is 1.53 bits per heavy atom. The Kier molecular flexibility index (Phi) is 1.63. The molecule has 1 fully saturated rings. The summed E-state index contributed by atoms with van der Waals surface area (Å²) in [5.74, 6) is 0.139. The zero-order valence-electron chi connectivity index (χ0n) is 8.33. The predicted octanol–water partition coefficient (Wildman–Crippen LogP) is 1.53. The molecule has 0 saturated heterocycles. The molecular formula is C10H10ClN3O. The van der Waals surface area contributed by atoms with Crippen LogP contribution in [0, 0.1) is 0 Å². The molecule has 1 spiro atoms. The van der Waals surface area contributed by atoms with Crippen molar-refractivity contribution >= 4 is 23.2 Å². The Balaban J connectivity index is 2.23. The van der Waals surface area contributed by atoms with Crippen molar-refractivity contribution in [3.8, 4) is 0 Å². The second-order valence-corrected chi connectivity index (χ2v) is 4.51. The maximum absolute atomic E-state index is 12.1. The molecule has 15 heavy (non-hydrogen) atoms. The number of carbonyl (C=O) groups is 1. The number of hydrogen-bond donors (Lipinski definition) is 0. The van der Waals surface area contributed by atoms with E-state index in [0.29, 0.717) is 0 Å². The van der Waals surface area contributed by atoms with Gasteiger partial charge in [0.15, 0.2) is 0 Å². The van der Waals surface area contributed by atoms with Crippen LogP contribution in [-0.2, 0) is 10.2 Å². The molecule has 0 unspecified atom stereocenters. The summed E-state index contributed by atoms with van der Waals surface area (Å²) in [6.07, 6.45) is 4.49.